The molecule has 1 aliphatic carbocycles. The fraction of sp³-hybridized carbons (Fsp3) is 0.385. The number of carboxylic acid groups (broad SMARTS) is 1. The minimum atomic E-state index is -0.951. The first-order valence-corrected chi connectivity index (χ1v) is 7.42. The van der Waals surface area contributed by atoms with Crippen LogP contribution in [0.1, 0.15) is 12.8 Å². The number of hydrogen-bond donors (Lipinski definition) is 3. The summed E-state index contributed by atoms with van der Waals surface area (Å²) < 4.78 is 0. The van der Waals surface area contributed by atoms with Gasteiger partial charge in [0.2, 0.25) is 5.91 Å². The van der Waals surface area contributed by atoms with E-state index in [1.54, 1.807) is 0 Å². The lowest BCUT2D eigenvalue weighted by atomic mass is 10.2. The molecule has 0 radical (unpaired) electrons. The van der Waals surface area contributed by atoms with Gasteiger partial charge in [0.25, 0.3) is 0 Å². The first-order chi connectivity index (χ1) is 9.88. The maximum atomic E-state index is 11.9. The van der Waals surface area contributed by atoms with Crippen molar-refractivity contribution in [1.82, 2.24) is 5.32 Å². The van der Waals surface area contributed by atoms with Crippen LogP contribution in [0.15, 0.2) is 12.1 Å². The minimum Gasteiger partial charge on any atom is -0.480 e. The number of rotatable bonds is 6. The van der Waals surface area contributed by atoms with Gasteiger partial charge in [-0.3, -0.25) is 14.9 Å². The summed E-state index contributed by atoms with van der Waals surface area (Å²) in [7, 11) is 0. The van der Waals surface area contributed by atoms with Gasteiger partial charge in [-0.25, -0.2) is 0 Å². The molecule has 1 unspecified atom stereocenters. The Labute approximate surface area is 136 Å². The fourth-order valence-electron chi connectivity index (χ4n) is 1.93. The number of nitrogens with one attached hydrogen (secondary N) is 2. The van der Waals surface area contributed by atoms with Crippen LogP contribution >= 0.6 is 34.8 Å². The van der Waals surface area contributed by atoms with Crippen LogP contribution in [-0.4, -0.2) is 29.6 Å². The van der Waals surface area contributed by atoms with Gasteiger partial charge in [-0.05, 0) is 30.9 Å². The van der Waals surface area contributed by atoms with E-state index >= 15 is 0 Å². The second kappa shape index (κ2) is 6.83. The Kier molecular flexibility index (Phi) is 5.32. The molecule has 8 heteroatoms. The maximum absolute atomic E-state index is 11.9. The lowest BCUT2D eigenvalue weighted by molar-refractivity contribution is -0.140. The Morgan fingerprint density at radius 3 is 2.29 bits per heavy atom. The van der Waals surface area contributed by atoms with E-state index in [2.05, 4.69) is 10.6 Å². The monoisotopic (exact) mass is 350 g/mol. The average molecular weight is 352 g/mol. The van der Waals surface area contributed by atoms with Crippen LogP contribution < -0.4 is 10.6 Å². The van der Waals surface area contributed by atoms with Gasteiger partial charge in [0, 0.05) is 5.02 Å². The molecule has 3 N–H and O–H groups in total. The predicted molar refractivity (Wildman–Crippen MR) is 82.3 cm³/mol. The summed E-state index contributed by atoms with van der Waals surface area (Å²) in [4.78, 5) is 22.9. The molecule has 1 fully saturated rings. The summed E-state index contributed by atoms with van der Waals surface area (Å²) in [5.74, 6) is -1.28. The molecular formula is C13H13Cl3N2O3. The van der Waals surface area contributed by atoms with Crippen molar-refractivity contribution in [2.75, 3.05) is 11.9 Å². The predicted octanol–water partition coefficient (Wildman–Crippen LogP) is 3.04. The molecular weight excluding hydrogens is 339 g/mol. The molecule has 0 spiro atoms. The van der Waals surface area contributed by atoms with Crippen LogP contribution in [0.5, 0.6) is 0 Å². The van der Waals surface area contributed by atoms with Crippen molar-refractivity contribution in [3.05, 3.63) is 27.2 Å². The smallest absolute Gasteiger partial charge is 0.320 e. The highest BCUT2D eigenvalue weighted by Crippen LogP contribution is 2.34. The van der Waals surface area contributed by atoms with Crippen molar-refractivity contribution < 1.29 is 14.7 Å². The van der Waals surface area contributed by atoms with Crippen LogP contribution in [-0.2, 0) is 9.59 Å². The minimum absolute atomic E-state index is 0.0954. The van der Waals surface area contributed by atoms with Gasteiger partial charge in [0.05, 0.1) is 22.3 Å². The summed E-state index contributed by atoms with van der Waals surface area (Å²) in [6.45, 7) is -0.136. The highest BCUT2D eigenvalue weighted by Gasteiger charge is 2.36. The number of halogens is 3. The first-order valence-electron chi connectivity index (χ1n) is 6.29. The SMILES string of the molecule is O=C(CNC(C(=O)O)C1CC1)Nc1c(Cl)cc(Cl)cc1Cl. The van der Waals surface area contributed by atoms with Gasteiger partial charge in [-0.1, -0.05) is 34.8 Å². The van der Waals surface area contributed by atoms with Crippen LogP contribution in [0, 0.1) is 5.92 Å². The lowest BCUT2D eigenvalue weighted by Gasteiger charge is -2.14. The highest BCUT2D eigenvalue weighted by molar-refractivity contribution is 6.42. The Hall–Kier alpha value is -1.01. The molecule has 2 rings (SSSR count). The third-order valence-electron chi connectivity index (χ3n) is 3.11. The molecule has 0 aliphatic heterocycles. The van der Waals surface area contributed by atoms with Crippen molar-refractivity contribution in [2.45, 2.75) is 18.9 Å². The van der Waals surface area contributed by atoms with E-state index in [4.69, 9.17) is 39.9 Å². The summed E-state index contributed by atoms with van der Waals surface area (Å²) in [5, 5.41) is 15.1. The van der Waals surface area contributed by atoms with Gasteiger partial charge in [0.15, 0.2) is 0 Å². The average Bonchev–Trinajstić information content (AvgIpc) is 3.18. The molecule has 0 bridgehead atoms. The molecule has 5 nitrogen and oxygen atoms in total. The lowest BCUT2D eigenvalue weighted by Crippen LogP contribution is -2.42. The number of amides is 1. The molecule has 114 valence electrons. The molecule has 1 aromatic rings. The van der Waals surface area contributed by atoms with Crippen molar-refractivity contribution in [1.29, 1.82) is 0 Å². The summed E-state index contributed by atoms with van der Waals surface area (Å²) in [6.07, 6.45) is 1.72. The highest BCUT2D eigenvalue weighted by atomic mass is 35.5. The van der Waals surface area contributed by atoms with Crippen molar-refractivity contribution in [3.63, 3.8) is 0 Å². The van der Waals surface area contributed by atoms with Gasteiger partial charge in [0.1, 0.15) is 6.04 Å². The van der Waals surface area contributed by atoms with Crippen LogP contribution in [0.25, 0.3) is 0 Å². The van der Waals surface area contributed by atoms with Crippen LogP contribution in [0.4, 0.5) is 5.69 Å². The molecule has 0 heterocycles. The molecule has 1 amide bonds. The van der Waals surface area contributed by atoms with Gasteiger partial charge in [-0.2, -0.15) is 0 Å². The quantitative estimate of drug-likeness (QED) is 0.736. The Balaban J connectivity index is 1.94. The molecule has 1 aliphatic rings. The molecule has 0 saturated heterocycles. The van der Waals surface area contributed by atoms with Gasteiger partial charge < -0.3 is 10.4 Å². The van der Waals surface area contributed by atoms with Gasteiger partial charge in [-0.15, -0.1) is 0 Å². The van der Waals surface area contributed by atoms with Crippen molar-refractivity contribution in [3.8, 4) is 0 Å². The zero-order valence-corrected chi connectivity index (χ0v) is 13.1. The van der Waals surface area contributed by atoms with E-state index in [1.807, 2.05) is 0 Å². The summed E-state index contributed by atoms with van der Waals surface area (Å²) in [6, 6.07) is 2.22. The topological polar surface area (TPSA) is 78.4 Å². The largest absolute Gasteiger partial charge is 0.480 e. The Bertz CT molecular complexity index is 553. The zero-order chi connectivity index (χ0) is 15.6. The van der Waals surface area contributed by atoms with E-state index in [9.17, 15) is 9.59 Å². The number of anilines is 1. The number of benzene rings is 1. The van der Waals surface area contributed by atoms with Crippen LogP contribution in [0.3, 0.4) is 0 Å². The Morgan fingerprint density at radius 1 is 1.24 bits per heavy atom. The maximum Gasteiger partial charge on any atom is 0.320 e. The van der Waals surface area contributed by atoms with E-state index in [0.29, 0.717) is 5.02 Å². The van der Waals surface area contributed by atoms with Crippen molar-refractivity contribution >= 4 is 52.4 Å². The molecule has 21 heavy (non-hydrogen) atoms. The fourth-order valence-corrected chi connectivity index (χ4v) is 2.84. The standard InChI is InChI=1S/C13H13Cl3N2O3/c14-7-3-8(15)12(9(16)4-7)18-10(19)5-17-11(13(20)21)6-1-2-6/h3-4,6,11,17H,1-2,5H2,(H,18,19)(H,20,21). The van der Waals surface area contributed by atoms with E-state index in [0.717, 1.165) is 12.8 Å². The third-order valence-corrected chi connectivity index (χ3v) is 3.93. The molecule has 0 aromatic heterocycles. The van der Waals surface area contributed by atoms with Crippen molar-refractivity contribution in [2.24, 2.45) is 5.92 Å². The first kappa shape index (κ1) is 16.4. The number of carbonyl (C=O) groups excluding carboxylic acids is 1. The van der Waals surface area contributed by atoms with Gasteiger partial charge >= 0.3 is 5.97 Å². The summed E-state index contributed by atoms with van der Waals surface area (Å²) in [5.41, 5.74) is 0.257. The number of aliphatic carboxylic acids is 1. The van der Waals surface area contributed by atoms with E-state index in [-0.39, 0.29) is 28.2 Å². The second-order valence-corrected chi connectivity index (χ2v) is 6.08. The third kappa shape index (κ3) is 4.48. The van der Waals surface area contributed by atoms with Crippen LogP contribution in [0.2, 0.25) is 15.1 Å². The Morgan fingerprint density at radius 2 is 1.81 bits per heavy atom. The summed E-state index contributed by atoms with van der Waals surface area (Å²) >= 11 is 17.7. The molecule has 1 atom stereocenters. The zero-order valence-electron chi connectivity index (χ0n) is 10.8. The number of carbonyl (C=O) groups is 2. The normalized spacial score (nSPS) is 15.6. The number of hydrogen-bond acceptors (Lipinski definition) is 3. The number of carboxylic acids is 1. The van der Waals surface area contributed by atoms with E-state index < -0.39 is 17.9 Å². The van der Waals surface area contributed by atoms with E-state index in [1.165, 1.54) is 12.1 Å². The molecule has 1 aromatic carbocycles. The second-order valence-electron chi connectivity index (χ2n) is 4.83. The molecule has 1 saturated carbocycles.